The van der Waals surface area contributed by atoms with Gasteiger partial charge in [-0.3, -0.25) is 15.0 Å². The van der Waals surface area contributed by atoms with Crippen LogP contribution in [0.15, 0.2) is 59.8 Å². The minimum absolute atomic E-state index is 0.0321. The molecule has 1 saturated heterocycles. The van der Waals surface area contributed by atoms with Crippen LogP contribution in [0.3, 0.4) is 0 Å². The third kappa shape index (κ3) is 5.69. The number of hydroxylamine groups is 1. The number of fused-ring (bicyclic) bond motifs is 1. The normalized spacial score (nSPS) is 22.3. The van der Waals surface area contributed by atoms with Crippen LogP contribution in [0, 0.1) is 18.8 Å². The van der Waals surface area contributed by atoms with E-state index in [1.165, 1.54) is 4.90 Å². The van der Waals surface area contributed by atoms with Crippen LogP contribution in [0.25, 0.3) is 10.9 Å². The monoisotopic (exact) mass is 560 g/mol. The van der Waals surface area contributed by atoms with E-state index in [1.54, 1.807) is 26.3 Å². The van der Waals surface area contributed by atoms with Gasteiger partial charge in [0.25, 0.3) is 5.91 Å². The quantitative estimate of drug-likeness (QED) is 0.333. The van der Waals surface area contributed by atoms with Crippen molar-refractivity contribution in [2.45, 2.75) is 58.8 Å². The Balaban J connectivity index is 1.29. The third-order valence-corrected chi connectivity index (χ3v) is 7.78. The average Bonchev–Trinajstić information content (AvgIpc) is 3.26. The zero-order valence-corrected chi connectivity index (χ0v) is 24.0. The number of para-hydroxylation sites is 1. The number of carbonyl (C=O) groups excluding carboxylic acids is 2. The van der Waals surface area contributed by atoms with Crippen LogP contribution in [0.4, 0.5) is 4.79 Å². The van der Waals surface area contributed by atoms with Crippen LogP contribution in [0.1, 0.15) is 50.9 Å². The summed E-state index contributed by atoms with van der Waals surface area (Å²) >= 11 is 0. The van der Waals surface area contributed by atoms with Gasteiger partial charge in [-0.15, -0.1) is 0 Å². The molecule has 0 saturated carbocycles. The third-order valence-electron chi connectivity index (χ3n) is 7.78. The maximum atomic E-state index is 12.8. The number of carbonyl (C=O) groups is 2. The van der Waals surface area contributed by atoms with Gasteiger partial charge < -0.3 is 19.2 Å². The van der Waals surface area contributed by atoms with Gasteiger partial charge in [-0.25, -0.2) is 10.3 Å². The Kier molecular flexibility index (Phi) is 7.61. The first kappa shape index (κ1) is 28.4. The molecule has 3 atom stereocenters. The summed E-state index contributed by atoms with van der Waals surface area (Å²) in [5.41, 5.74) is 4.52. The van der Waals surface area contributed by atoms with Crippen molar-refractivity contribution in [3.63, 3.8) is 0 Å². The number of hydrogen-bond donors (Lipinski definition) is 2. The Labute approximate surface area is 239 Å². The number of ether oxygens (including phenoxy) is 2. The number of benzene rings is 2. The second kappa shape index (κ2) is 11.0. The molecule has 1 aromatic heterocycles. The molecule has 3 unspecified atom stereocenters. The van der Waals surface area contributed by atoms with Crippen LogP contribution in [0.5, 0.6) is 5.75 Å². The molecule has 0 aliphatic carbocycles. The van der Waals surface area contributed by atoms with E-state index in [-0.39, 0.29) is 12.5 Å². The average molecular weight is 561 g/mol. The number of aryl methyl sites for hydroxylation is 1. The van der Waals surface area contributed by atoms with Gasteiger partial charge in [0.2, 0.25) is 0 Å². The Hall–Kier alpha value is -4.18. The minimum atomic E-state index is -1.02. The number of oxime groups is 1. The Morgan fingerprint density at radius 3 is 2.61 bits per heavy atom. The summed E-state index contributed by atoms with van der Waals surface area (Å²) in [7, 11) is 0. The van der Waals surface area contributed by atoms with Crippen molar-refractivity contribution in [2.24, 2.45) is 17.0 Å². The number of aromatic nitrogens is 1. The maximum absolute atomic E-state index is 12.8. The van der Waals surface area contributed by atoms with Gasteiger partial charge in [-0.2, -0.15) is 0 Å². The van der Waals surface area contributed by atoms with Crippen LogP contribution in [-0.2, 0) is 21.0 Å². The summed E-state index contributed by atoms with van der Waals surface area (Å²) in [4.78, 5) is 37.6. The zero-order valence-electron chi connectivity index (χ0n) is 24.0. The summed E-state index contributed by atoms with van der Waals surface area (Å²) in [6, 6.07) is 17.6. The number of rotatable bonds is 5. The van der Waals surface area contributed by atoms with Gasteiger partial charge in [0.05, 0.1) is 11.2 Å². The lowest BCUT2D eigenvalue weighted by molar-refractivity contribution is -0.160. The van der Waals surface area contributed by atoms with Crippen molar-refractivity contribution in [3.05, 3.63) is 71.4 Å². The Morgan fingerprint density at radius 1 is 1.17 bits per heavy atom. The Morgan fingerprint density at radius 2 is 1.90 bits per heavy atom. The summed E-state index contributed by atoms with van der Waals surface area (Å²) in [5.74, 6) is -1.07. The number of nitrogens with one attached hydrogen (secondary N) is 1. The lowest BCUT2D eigenvalue weighted by Gasteiger charge is -2.44. The first-order valence-electron chi connectivity index (χ1n) is 13.8. The number of pyridine rings is 1. The van der Waals surface area contributed by atoms with E-state index >= 15 is 0 Å². The van der Waals surface area contributed by atoms with E-state index in [2.05, 4.69) is 10.1 Å². The molecule has 10 heteroatoms. The molecule has 3 aromatic rings. The van der Waals surface area contributed by atoms with E-state index in [0.29, 0.717) is 31.0 Å². The molecule has 10 nitrogen and oxygen atoms in total. The predicted molar refractivity (Wildman–Crippen MR) is 153 cm³/mol. The molecule has 2 aliphatic rings. The van der Waals surface area contributed by atoms with E-state index in [1.807, 2.05) is 68.4 Å². The summed E-state index contributed by atoms with van der Waals surface area (Å²) < 4.78 is 11.6. The largest absolute Gasteiger partial charge is 0.489 e. The zero-order chi connectivity index (χ0) is 29.4. The highest BCUT2D eigenvalue weighted by Crippen LogP contribution is 2.44. The SMILES string of the molecule is Cc1cc(COc2ccc(C3=NOC4(CCN(C(=O)OC(C)(C)C)CC4C(=O)NO)C3C)cc2)c2ccccc2n1. The van der Waals surface area contributed by atoms with Crippen molar-refractivity contribution >= 4 is 28.6 Å². The van der Waals surface area contributed by atoms with Crippen molar-refractivity contribution in [1.82, 2.24) is 15.4 Å². The standard InChI is InChI=1S/C31H36N4O6/c1-19-16-22(24-8-6-7-9-26(24)32-19)18-39-23-12-10-21(11-13-23)27-20(2)31(41-34-27)14-15-35(17-25(31)28(36)33-38)29(37)40-30(3,4)5/h6-13,16,20,25,38H,14-15,17-18H2,1-5H3,(H,33,36). The molecule has 0 bridgehead atoms. The Bertz CT molecular complexity index is 1480. The molecule has 2 N–H and O–H groups in total. The molecule has 2 aliphatic heterocycles. The van der Waals surface area contributed by atoms with Crippen LogP contribution >= 0.6 is 0 Å². The first-order valence-corrected chi connectivity index (χ1v) is 13.8. The lowest BCUT2D eigenvalue weighted by atomic mass is 9.70. The minimum Gasteiger partial charge on any atom is -0.489 e. The van der Waals surface area contributed by atoms with E-state index in [0.717, 1.165) is 27.7 Å². The summed E-state index contributed by atoms with van der Waals surface area (Å²) in [5, 5.41) is 15.0. The van der Waals surface area contributed by atoms with E-state index < -0.39 is 29.1 Å². The molecule has 0 radical (unpaired) electrons. The molecule has 1 fully saturated rings. The van der Waals surface area contributed by atoms with Crippen LogP contribution < -0.4 is 10.2 Å². The van der Waals surface area contributed by atoms with Gasteiger partial charge >= 0.3 is 6.09 Å². The number of piperidine rings is 1. The van der Waals surface area contributed by atoms with Gasteiger partial charge in [0, 0.05) is 42.1 Å². The summed E-state index contributed by atoms with van der Waals surface area (Å²) in [6.45, 7) is 10.0. The second-order valence-electron chi connectivity index (χ2n) is 11.7. The number of hydrogen-bond acceptors (Lipinski definition) is 8. The van der Waals surface area contributed by atoms with E-state index in [9.17, 15) is 14.8 Å². The molecule has 216 valence electrons. The van der Waals surface area contributed by atoms with Crippen molar-refractivity contribution in [2.75, 3.05) is 13.1 Å². The van der Waals surface area contributed by atoms with Gasteiger partial charge in [-0.1, -0.05) is 30.3 Å². The number of amides is 2. The molecule has 2 aromatic carbocycles. The summed E-state index contributed by atoms with van der Waals surface area (Å²) in [6.07, 6.45) is -0.167. The first-order chi connectivity index (χ1) is 19.5. The molecule has 41 heavy (non-hydrogen) atoms. The molecule has 5 rings (SSSR count). The number of likely N-dealkylation sites (tertiary alicyclic amines) is 1. The maximum Gasteiger partial charge on any atom is 0.410 e. The lowest BCUT2D eigenvalue weighted by Crippen LogP contribution is -2.61. The molecular formula is C31H36N4O6. The van der Waals surface area contributed by atoms with E-state index in [4.69, 9.17) is 14.3 Å². The van der Waals surface area contributed by atoms with Crippen molar-refractivity contribution in [1.29, 1.82) is 0 Å². The number of nitrogens with zero attached hydrogens (tertiary/aromatic N) is 3. The highest BCUT2D eigenvalue weighted by atomic mass is 16.7. The fourth-order valence-corrected chi connectivity index (χ4v) is 5.68. The smallest absolute Gasteiger partial charge is 0.410 e. The van der Waals surface area contributed by atoms with Crippen LogP contribution in [-0.4, -0.2) is 57.1 Å². The molecular weight excluding hydrogens is 524 g/mol. The van der Waals surface area contributed by atoms with Crippen molar-refractivity contribution < 1.29 is 29.1 Å². The van der Waals surface area contributed by atoms with Crippen LogP contribution in [0.2, 0.25) is 0 Å². The van der Waals surface area contributed by atoms with Gasteiger partial charge in [-0.05, 0) is 69.7 Å². The topological polar surface area (TPSA) is 123 Å². The fraction of sp³-hybridized carbons (Fsp3) is 0.419. The van der Waals surface area contributed by atoms with Crippen molar-refractivity contribution in [3.8, 4) is 5.75 Å². The van der Waals surface area contributed by atoms with Gasteiger partial charge in [0.1, 0.15) is 23.9 Å². The highest BCUT2D eigenvalue weighted by molar-refractivity contribution is 6.04. The second-order valence-corrected chi connectivity index (χ2v) is 11.7. The molecule has 2 amide bonds. The predicted octanol–water partition coefficient (Wildman–Crippen LogP) is 4.99. The van der Waals surface area contributed by atoms with Gasteiger partial charge in [0.15, 0.2) is 5.60 Å². The molecule has 3 heterocycles. The molecule has 1 spiro atoms. The fourth-order valence-electron chi connectivity index (χ4n) is 5.68. The highest BCUT2D eigenvalue weighted by Gasteiger charge is 2.58.